The van der Waals surface area contributed by atoms with Crippen molar-refractivity contribution in [3.05, 3.63) is 119 Å². The number of carbonyl (C=O) groups excluding carboxylic acids is 2. The fraction of sp³-hybridized carbons (Fsp3) is 0.100. The Morgan fingerprint density at radius 1 is 0.900 bits per heavy atom. The van der Waals surface area contributed by atoms with Crippen LogP contribution in [0.5, 0.6) is 0 Å². The molecule has 0 aliphatic carbocycles. The Balaban J connectivity index is 1.37. The molecule has 202 valence electrons. The lowest BCUT2D eigenvalue weighted by Gasteiger charge is -2.15. The van der Waals surface area contributed by atoms with Gasteiger partial charge in [0.15, 0.2) is 0 Å². The van der Waals surface area contributed by atoms with Gasteiger partial charge in [0.2, 0.25) is 0 Å². The van der Waals surface area contributed by atoms with Gasteiger partial charge in [-0.2, -0.15) is 13.2 Å². The number of halogens is 3. The van der Waals surface area contributed by atoms with Crippen molar-refractivity contribution >= 4 is 39.9 Å². The van der Waals surface area contributed by atoms with E-state index in [-0.39, 0.29) is 5.56 Å². The first-order chi connectivity index (χ1) is 19.2. The van der Waals surface area contributed by atoms with Crippen molar-refractivity contribution in [2.75, 3.05) is 16.0 Å². The molecule has 0 radical (unpaired) electrons. The van der Waals surface area contributed by atoms with Crippen molar-refractivity contribution in [3.63, 3.8) is 0 Å². The number of hydrogen-bond donors (Lipinski definition) is 4. The molecule has 0 bridgehead atoms. The van der Waals surface area contributed by atoms with Gasteiger partial charge in [-0.3, -0.25) is 9.59 Å². The average molecular weight is 544 g/mol. The molecule has 0 atom stereocenters. The summed E-state index contributed by atoms with van der Waals surface area (Å²) in [6.45, 7) is 2.28. The predicted molar refractivity (Wildman–Crippen MR) is 148 cm³/mol. The summed E-state index contributed by atoms with van der Waals surface area (Å²) in [6.07, 6.45) is -1.34. The van der Waals surface area contributed by atoms with Crippen LogP contribution in [-0.2, 0) is 12.7 Å². The lowest BCUT2D eigenvalue weighted by Crippen LogP contribution is -2.17. The normalized spacial score (nSPS) is 11.3. The number of benzene rings is 3. The number of nitrogens with zero attached hydrogens (tertiary/aromatic N) is 1. The average Bonchev–Trinajstić information content (AvgIpc) is 3.43. The molecule has 2 amide bonds. The fourth-order valence-corrected chi connectivity index (χ4v) is 4.22. The second-order valence-electron chi connectivity index (χ2n) is 9.14. The zero-order valence-electron chi connectivity index (χ0n) is 21.3. The van der Waals surface area contributed by atoms with Crippen molar-refractivity contribution < 1.29 is 22.8 Å². The van der Waals surface area contributed by atoms with Crippen LogP contribution in [0, 0.1) is 6.92 Å². The summed E-state index contributed by atoms with van der Waals surface area (Å²) >= 11 is 0. The maximum absolute atomic E-state index is 13.5. The highest BCUT2D eigenvalue weighted by Gasteiger charge is 2.31. The Labute approximate surface area is 227 Å². The number of aromatic amines is 1. The molecule has 0 saturated carbocycles. The maximum atomic E-state index is 13.5. The highest BCUT2D eigenvalue weighted by atomic mass is 19.4. The maximum Gasteiger partial charge on any atom is 0.416 e. The molecular weight excluding hydrogens is 519 g/mol. The van der Waals surface area contributed by atoms with Gasteiger partial charge < -0.3 is 20.9 Å². The van der Waals surface area contributed by atoms with E-state index >= 15 is 0 Å². The molecule has 2 aromatic heterocycles. The largest absolute Gasteiger partial charge is 0.416 e. The number of nitrogens with one attached hydrogen (secondary N) is 4. The monoisotopic (exact) mass is 543 g/mol. The quantitative estimate of drug-likeness (QED) is 0.178. The first-order valence-corrected chi connectivity index (χ1v) is 12.3. The summed E-state index contributed by atoms with van der Waals surface area (Å²) in [5.74, 6) is -1.13. The van der Waals surface area contributed by atoms with Gasteiger partial charge in [0, 0.05) is 41.3 Å². The van der Waals surface area contributed by atoms with E-state index in [2.05, 4.69) is 25.9 Å². The second-order valence-corrected chi connectivity index (χ2v) is 9.14. The Morgan fingerprint density at radius 3 is 2.48 bits per heavy atom. The van der Waals surface area contributed by atoms with Crippen LogP contribution in [-0.4, -0.2) is 21.8 Å². The van der Waals surface area contributed by atoms with Crippen molar-refractivity contribution in [1.82, 2.24) is 9.97 Å². The first-order valence-electron chi connectivity index (χ1n) is 12.3. The molecule has 4 N–H and O–H groups in total. The smallest absolute Gasteiger partial charge is 0.380 e. The SMILES string of the molecule is Cc1ccc(NC(=O)c2cccc(C(F)(F)F)c2)cc1NC(=O)c1cnc2[nH]ccc2c1NCc1ccccc1. The number of aryl methyl sites for hydroxylation is 1. The van der Waals surface area contributed by atoms with Crippen LogP contribution in [0.15, 0.2) is 91.3 Å². The number of fused-ring (bicyclic) bond motifs is 1. The zero-order valence-corrected chi connectivity index (χ0v) is 21.3. The van der Waals surface area contributed by atoms with E-state index in [1.165, 1.54) is 18.3 Å². The number of pyridine rings is 1. The Hall–Kier alpha value is -5.12. The highest BCUT2D eigenvalue weighted by molar-refractivity contribution is 6.12. The molecule has 0 unspecified atom stereocenters. The molecule has 3 aromatic carbocycles. The molecule has 5 rings (SSSR count). The molecule has 2 heterocycles. The standard InChI is InChI=1S/C30H24F3N5O2/c1-18-10-11-22(37-28(39)20-8-5-9-21(14-20)30(31,32)33)15-25(18)38-29(40)24-17-36-27-23(12-13-34-27)26(24)35-16-19-6-3-2-4-7-19/h2-15,17H,16H2,1H3,(H,37,39)(H,38,40)(H2,34,35,36). The van der Waals surface area contributed by atoms with Crippen molar-refractivity contribution in [1.29, 1.82) is 0 Å². The molecule has 10 heteroatoms. The van der Waals surface area contributed by atoms with E-state index < -0.39 is 23.6 Å². The number of rotatable bonds is 7. The second kappa shape index (κ2) is 10.9. The third-order valence-electron chi connectivity index (χ3n) is 6.34. The van der Waals surface area contributed by atoms with E-state index in [0.717, 1.165) is 28.6 Å². The van der Waals surface area contributed by atoms with E-state index in [4.69, 9.17) is 0 Å². The lowest BCUT2D eigenvalue weighted by atomic mass is 10.1. The van der Waals surface area contributed by atoms with Gasteiger partial charge in [-0.1, -0.05) is 42.5 Å². The number of alkyl halides is 3. The van der Waals surface area contributed by atoms with Crippen LogP contribution in [0.25, 0.3) is 11.0 Å². The molecule has 0 fully saturated rings. The van der Waals surface area contributed by atoms with Crippen LogP contribution in [0.3, 0.4) is 0 Å². The van der Waals surface area contributed by atoms with Gasteiger partial charge >= 0.3 is 6.18 Å². The van der Waals surface area contributed by atoms with Gasteiger partial charge in [-0.05, 0) is 54.4 Å². The highest BCUT2D eigenvalue weighted by Crippen LogP contribution is 2.31. The summed E-state index contributed by atoms with van der Waals surface area (Å²) in [6, 6.07) is 20.6. The zero-order chi connectivity index (χ0) is 28.3. The molecule has 40 heavy (non-hydrogen) atoms. The fourth-order valence-electron chi connectivity index (χ4n) is 4.22. The van der Waals surface area contributed by atoms with Gasteiger partial charge in [0.05, 0.1) is 16.8 Å². The van der Waals surface area contributed by atoms with Crippen molar-refractivity contribution in [2.45, 2.75) is 19.6 Å². The van der Waals surface area contributed by atoms with Gasteiger partial charge in [-0.25, -0.2) is 4.98 Å². The van der Waals surface area contributed by atoms with Crippen LogP contribution < -0.4 is 16.0 Å². The summed E-state index contributed by atoms with van der Waals surface area (Å²) in [7, 11) is 0. The van der Waals surface area contributed by atoms with Gasteiger partial charge in [0.1, 0.15) is 5.65 Å². The van der Waals surface area contributed by atoms with Crippen LogP contribution in [0.1, 0.15) is 37.4 Å². The molecule has 5 aromatic rings. The molecule has 0 aliphatic heterocycles. The molecule has 0 aliphatic rings. The van der Waals surface area contributed by atoms with E-state index in [0.29, 0.717) is 34.8 Å². The van der Waals surface area contributed by atoms with Crippen LogP contribution in [0.2, 0.25) is 0 Å². The van der Waals surface area contributed by atoms with Crippen molar-refractivity contribution in [3.8, 4) is 0 Å². The first kappa shape index (κ1) is 26.5. The van der Waals surface area contributed by atoms with Crippen LogP contribution in [0.4, 0.5) is 30.2 Å². The Kier molecular flexibility index (Phi) is 7.24. The predicted octanol–water partition coefficient (Wildman–Crippen LogP) is 7.01. The van der Waals surface area contributed by atoms with E-state index in [9.17, 15) is 22.8 Å². The summed E-state index contributed by atoms with van der Waals surface area (Å²) < 4.78 is 39.2. The number of H-pyrrole nitrogens is 1. The Bertz CT molecular complexity index is 1700. The van der Waals surface area contributed by atoms with Crippen molar-refractivity contribution in [2.24, 2.45) is 0 Å². The summed E-state index contributed by atoms with van der Waals surface area (Å²) in [5.41, 5.74) is 3.00. The number of hydrogen-bond acceptors (Lipinski definition) is 4. The molecule has 0 saturated heterocycles. The third kappa shape index (κ3) is 5.80. The van der Waals surface area contributed by atoms with E-state index in [1.807, 2.05) is 36.4 Å². The minimum Gasteiger partial charge on any atom is -0.380 e. The minimum absolute atomic E-state index is 0.138. The van der Waals surface area contributed by atoms with E-state index in [1.54, 1.807) is 31.3 Å². The summed E-state index contributed by atoms with van der Waals surface area (Å²) in [4.78, 5) is 33.5. The number of carbonyl (C=O) groups is 2. The molecule has 7 nitrogen and oxygen atoms in total. The number of anilines is 3. The molecular formula is C30H24F3N5O2. The minimum atomic E-state index is -4.56. The van der Waals surface area contributed by atoms with Gasteiger partial charge in [0.25, 0.3) is 11.8 Å². The Morgan fingerprint density at radius 2 is 1.70 bits per heavy atom. The summed E-state index contributed by atoms with van der Waals surface area (Å²) in [5, 5.41) is 9.58. The topological polar surface area (TPSA) is 98.9 Å². The third-order valence-corrected chi connectivity index (χ3v) is 6.34. The van der Waals surface area contributed by atoms with Gasteiger partial charge in [-0.15, -0.1) is 0 Å². The number of aromatic nitrogens is 2. The van der Waals surface area contributed by atoms with Crippen LogP contribution >= 0.6 is 0 Å². The molecule has 0 spiro atoms. The number of amides is 2. The lowest BCUT2D eigenvalue weighted by molar-refractivity contribution is -0.137.